The largest absolute Gasteiger partial charge is 0.503 e. The van der Waals surface area contributed by atoms with Gasteiger partial charge in [0, 0.05) is 6.54 Å². The van der Waals surface area contributed by atoms with Crippen LogP contribution in [0.25, 0.3) is 0 Å². The first-order valence-electron chi connectivity index (χ1n) is 4.76. The van der Waals surface area contributed by atoms with E-state index in [4.69, 9.17) is 0 Å². The van der Waals surface area contributed by atoms with Crippen molar-refractivity contribution in [3.05, 3.63) is 22.1 Å². The fourth-order valence-electron chi connectivity index (χ4n) is 1.58. The van der Waals surface area contributed by atoms with E-state index >= 15 is 0 Å². The van der Waals surface area contributed by atoms with Crippen molar-refractivity contribution in [1.82, 2.24) is 15.0 Å². The molecule has 0 saturated carbocycles. The number of carbonyl (C=O) groups is 1. The molecule has 0 spiro atoms. The average molecular weight is 225 g/mol. The molecular formula is C9H11N3O4. The summed E-state index contributed by atoms with van der Waals surface area (Å²) in [6.07, 6.45) is 1.14. The van der Waals surface area contributed by atoms with E-state index < -0.39 is 22.8 Å². The number of fused-ring (bicyclic) bond motifs is 1. The van der Waals surface area contributed by atoms with Gasteiger partial charge < -0.3 is 14.8 Å². The van der Waals surface area contributed by atoms with Crippen LogP contribution in [0.1, 0.15) is 17.4 Å². The Kier molecular flexibility index (Phi) is 2.31. The van der Waals surface area contributed by atoms with Gasteiger partial charge in [-0.3, -0.25) is 15.0 Å². The van der Waals surface area contributed by atoms with Crippen LogP contribution in [-0.2, 0) is 6.67 Å². The Labute approximate surface area is 90.5 Å². The molecule has 0 atom stereocenters. The molecule has 1 aliphatic heterocycles. The first-order valence-corrected chi connectivity index (χ1v) is 4.76. The second-order valence-corrected chi connectivity index (χ2v) is 3.45. The summed E-state index contributed by atoms with van der Waals surface area (Å²) in [6, 6.07) is 0. The van der Waals surface area contributed by atoms with E-state index in [0.29, 0.717) is 6.54 Å². The maximum atomic E-state index is 11.6. The number of nitrogens with zero attached hydrogens (tertiary/aromatic N) is 2. The number of hydrazine groups is 1. The number of rotatable bonds is 1. The molecule has 7 heteroatoms. The lowest BCUT2D eigenvalue weighted by molar-refractivity contribution is 0.0626. The van der Waals surface area contributed by atoms with Gasteiger partial charge in [-0.2, -0.15) is 0 Å². The number of hydrogen-bond donors (Lipinski definition) is 3. The summed E-state index contributed by atoms with van der Waals surface area (Å²) >= 11 is 0. The maximum absolute atomic E-state index is 11.6. The SMILES string of the molecule is CCN1Cn2cc(O)c(=O)c(O)c2C(=O)N1. The van der Waals surface area contributed by atoms with Gasteiger partial charge in [0.15, 0.2) is 17.2 Å². The highest BCUT2D eigenvalue weighted by atomic mass is 16.3. The minimum absolute atomic E-state index is 0.132. The molecule has 1 amide bonds. The molecule has 0 unspecified atom stereocenters. The van der Waals surface area contributed by atoms with Crippen LogP contribution in [0.5, 0.6) is 11.5 Å². The fraction of sp³-hybridized carbons (Fsp3) is 0.333. The van der Waals surface area contributed by atoms with Gasteiger partial charge in [-0.05, 0) is 0 Å². The Hall–Kier alpha value is -2.02. The highest BCUT2D eigenvalue weighted by molar-refractivity contribution is 5.95. The van der Waals surface area contributed by atoms with Crippen LogP contribution < -0.4 is 10.9 Å². The number of pyridine rings is 1. The highest BCUT2D eigenvalue weighted by Crippen LogP contribution is 2.19. The Morgan fingerprint density at radius 2 is 2.12 bits per heavy atom. The summed E-state index contributed by atoms with van der Waals surface area (Å²) in [5.74, 6) is -1.87. The molecule has 7 nitrogen and oxygen atoms in total. The zero-order valence-corrected chi connectivity index (χ0v) is 8.60. The van der Waals surface area contributed by atoms with Gasteiger partial charge in [-0.15, -0.1) is 0 Å². The Morgan fingerprint density at radius 3 is 2.75 bits per heavy atom. The van der Waals surface area contributed by atoms with Crippen LogP contribution in [-0.4, -0.2) is 32.2 Å². The van der Waals surface area contributed by atoms with Gasteiger partial charge >= 0.3 is 0 Å². The molecule has 0 aliphatic carbocycles. The summed E-state index contributed by atoms with van der Waals surface area (Å²) < 4.78 is 1.33. The third-order valence-corrected chi connectivity index (χ3v) is 2.42. The van der Waals surface area contributed by atoms with E-state index in [1.807, 2.05) is 6.92 Å². The second kappa shape index (κ2) is 3.53. The van der Waals surface area contributed by atoms with E-state index in [-0.39, 0.29) is 12.4 Å². The maximum Gasteiger partial charge on any atom is 0.286 e. The van der Waals surface area contributed by atoms with Crippen LogP contribution in [0.4, 0.5) is 0 Å². The Balaban J connectivity index is 2.61. The molecule has 2 rings (SSSR count). The topological polar surface area (TPSA) is 94.8 Å². The lowest BCUT2D eigenvalue weighted by Crippen LogP contribution is -2.49. The summed E-state index contributed by atoms with van der Waals surface area (Å²) in [7, 11) is 0. The molecule has 1 aliphatic rings. The van der Waals surface area contributed by atoms with Crippen molar-refractivity contribution in [3.8, 4) is 11.5 Å². The van der Waals surface area contributed by atoms with Gasteiger partial charge in [0.25, 0.3) is 11.3 Å². The minimum atomic E-state index is -0.939. The summed E-state index contributed by atoms with van der Waals surface area (Å²) in [4.78, 5) is 22.8. The Morgan fingerprint density at radius 1 is 1.44 bits per heavy atom. The van der Waals surface area contributed by atoms with E-state index in [1.165, 1.54) is 4.57 Å². The van der Waals surface area contributed by atoms with Crippen LogP contribution >= 0.6 is 0 Å². The molecule has 1 aromatic rings. The third-order valence-electron chi connectivity index (χ3n) is 2.42. The van der Waals surface area contributed by atoms with Crippen molar-refractivity contribution in [2.75, 3.05) is 6.54 Å². The quantitative estimate of drug-likeness (QED) is 0.581. The van der Waals surface area contributed by atoms with E-state index in [2.05, 4.69) is 5.43 Å². The third kappa shape index (κ3) is 1.41. The molecule has 16 heavy (non-hydrogen) atoms. The first-order chi connectivity index (χ1) is 7.54. The summed E-state index contributed by atoms with van der Waals surface area (Å²) in [6.45, 7) is 2.67. The molecule has 0 aromatic carbocycles. The molecule has 0 radical (unpaired) electrons. The lowest BCUT2D eigenvalue weighted by atomic mass is 10.2. The number of aromatic hydroxyl groups is 2. The standard InChI is InChI=1S/C9H11N3O4/c1-2-12-4-11-3-5(13)7(14)8(15)6(11)9(16)10-12/h3,13,15H,2,4H2,1H3,(H,10,16). The number of hydrogen-bond acceptors (Lipinski definition) is 5. The zero-order chi connectivity index (χ0) is 11.9. The summed E-state index contributed by atoms with van der Waals surface area (Å²) in [5.41, 5.74) is 1.43. The molecule has 0 saturated heterocycles. The molecule has 86 valence electrons. The number of amides is 1. The molecule has 1 aromatic heterocycles. The smallest absolute Gasteiger partial charge is 0.286 e. The highest BCUT2D eigenvalue weighted by Gasteiger charge is 2.26. The second-order valence-electron chi connectivity index (χ2n) is 3.45. The normalized spacial score (nSPS) is 15.7. The van der Waals surface area contributed by atoms with Gasteiger partial charge in [0.05, 0.1) is 12.9 Å². The van der Waals surface area contributed by atoms with Crippen molar-refractivity contribution in [2.45, 2.75) is 13.6 Å². The van der Waals surface area contributed by atoms with Crippen molar-refractivity contribution in [2.24, 2.45) is 0 Å². The van der Waals surface area contributed by atoms with Crippen molar-refractivity contribution in [1.29, 1.82) is 0 Å². The molecule has 0 fully saturated rings. The molecule has 0 bridgehead atoms. The molecular weight excluding hydrogens is 214 g/mol. The van der Waals surface area contributed by atoms with Crippen LogP contribution in [0.15, 0.2) is 11.0 Å². The van der Waals surface area contributed by atoms with E-state index in [1.54, 1.807) is 5.01 Å². The van der Waals surface area contributed by atoms with E-state index in [9.17, 15) is 19.8 Å². The predicted molar refractivity (Wildman–Crippen MR) is 53.9 cm³/mol. The lowest BCUT2D eigenvalue weighted by Gasteiger charge is -2.29. The van der Waals surface area contributed by atoms with Crippen molar-refractivity contribution < 1.29 is 15.0 Å². The average Bonchev–Trinajstić information content (AvgIpc) is 2.25. The number of carbonyl (C=O) groups excluding carboxylic acids is 1. The van der Waals surface area contributed by atoms with E-state index in [0.717, 1.165) is 6.20 Å². The number of aromatic nitrogens is 1. The predicted octanol–water partition coefficient (Wildman–Crippen LogP) is -0.803. The Bertz CT molecular complexity index is 508. The van der Waals surface area contributed by atoms with Crippen molar-refractivity contribution in [3.63, 3.8) is 0 Å². The van der Waals surface area contributed by atoms with Crippen LogP contribution in [0.2, 0.25) is 0 Å². The van der Waals surface area contributed by atoms with Gasteiger partial charge in [-0.25, -0.2) is 5.01 Å². The summed E-state index contributed by atoms with van der Waals surface area (Å²) in [5, 5.41) is 20.3. The van der Waals surface area contributed by atoms with Gasteiger partial charge in [-0.1, -0.05) is 6.92 Å². The molecule has 3 N–H and O–H groups in total. The van der Waals surface area contributed by atoms with Crippen LogP contribution in [0, 0.1) is 0 Å². The minimum Gasteiger partial charge on any atom is -0.503 e. The van der Waals surface area contributed by atoms with Crippen LogP contribution in [0.3, 0.4) is 0 Å². The molecule has 2 heterocycles. The van der Waals surface area contributed by atoms with Gasteiger partial charge in [0.1, 0.15) is 0 Å². The van der Waals surface area contributed by atoms with Crippen molar-refractivity contribution >= 4 is 5.91 Å². The monoisotopic (exact) mass is 225 g/mol. The first kappa shape index (κ1) is 10.5. The number of nitrogens with one attached hydrogen (secondary N) is 1. The fourth-order valence-corrected chi connectivity index (χ4v) is 1.58. The van der Waals surface area contributed by atoms with Gasteiger partial charge in [0.2, 0.25) is 0 Å². The zero-order valence-electron chi connectivity index (χ0n) is 8.60.